The highest BCUT2D eigenvalue weighted by Crippen LogP contribution is 2.42. The van der Waals surface area contributed by atoms with Gasteiger partial charge < -0.3 is 10.3 Å². The summed E-state index contributed by atoms with van der Waals surface area (Å²) in [4.78, 5) is 14.5. The lowest BCUT2D eigenvalue weighted by molar-refractivity contribution is 0.563. The Kier molecular flexibility index (Phi) is 5.74. The van der Waals surface area contributed by atoms with Crippen molar-refractivity contribution in [3.63, 3.8) is 0 Å². The van der Waals surface area contributed by atoms with Gasteiger partial charge in [-0.1, -0.05) is 13.8 Å². The van der Waals surface area contributed by atoms with Gasteiger partial charge in [-0.15, -0.1) is 0 Å². The predicted octanol–water partition coefficient (Wildman–Crippen LogP) is 7.65. The fourth-order valence-corrected chi connectivity index (χ4v) is 6.86. The molecule has 0 amide bonds. The minimum absolute atomic E-state index is 0.118. The Hall–Kier alpha value is -2.88. The molecule has 0 spiro atoms. The summed E-state index contributed by atoms with van der Waals surface area (Å²) in [5, 5.41) is 3.94. The van der Waals surface area contributed by atoms with E-state index in [-0.39, 0.29) is 18.0 Å². The second-order valence-electron chi connectivity index (χ2n) is 11.6. The van der Waals surface area contributed by atoms with Gasteiger partial charge in [0.1, 0.15) is 0 Å². The van der Waals surface area contributed by atoms with Crippen molar-refractivity contribution in [1.29, 1.82) is 0 Å². The molecule has 0 radical (unpaired) electrons. The topological polar surface area (TPSA) is 52.5 Å². The first-order chi connectivity index (χ1) is 16.9. The molecule has 0 fully saturated rings. The van der Waals surface area contributed by atoms with E-state index in [0.717, 1.165) is 11.4 Å². The van der Waals surface area contributed by atoms with Crippen molar-refractivity contribution in [3.05, 3.63) is 72.9 Å². The van der Waals surface area contributed by atoms with Crippen molar-refractivity contribution >= 4 is 17.0 Å². The van der Waals surface area contributed by atoms with E-state index in [2.05, 4.69) is 93.4 Å². The molecule has 4 aliphatic rings. The lowest BCUT2D eigenvalue weighted by Gasteiger charge is -2.23. The van der Waals surface area contributed by atoms with Crippen LogP contribution in [0.5, 0.6) is 0 Å². The Morgan fingerprint density at radius 2 is 1.31 bits per heavy atom. The van der Waals surface area contributed by atoms with Crippen molar-refractivity contribution < 1.29 is 0 Å². The van der Waals surface area contributed by atoms with Gasteiger partial charge in [0.25, 0.3) is 0 Å². The molecule has 5 heterocycles. The number of hydrogen-bond donors (Lipinski definition) is 2. The molecule has 0 saturated carbocycles. The number of rotatable bonds is 0. The predicted molar refractivity (Wildman–Crippen MR) is 154 cm³/mol. The van der Waals surface area contributed by atoms with Crippen LogP contribution in [-0.4, -0.2) is 28.5 Å². The van der Waals surface area contributed by atoms with E-state index in [1.165, 1.54) is 78.5 Å². The molecule has 36 heavy (non-hydrogen) atoms. The van der Waals surface area contributed by atoms with Gasteiger partial charge >= 0.3 is 0 Å². The van der Waals surface area contributed by atoms with Gasteiger partial charge in [-0.05, 0) is 125 Å². The van der Waals surface area contributed by atoms with Crippen LogP contribution in [0.15, 0.2) is 60.4 Å². The maximum atomic E-state index is 5.37. The number of nitrogens with one attached hydrogen (secondary N) is 2. The van der Waals surface area contributed by atoms with Crippen LogP contribution in [0.25, 0.3) is 5.57 Å². The van der Waals surface area contributed by atoms with E-state index in [1.807, 2.05) is 0 Å². The highest BCUT2D eigenvalue weighted by molar-refractivity contribution is 6.15. The minimum atomic E-state index is 0.118. The summed E-state index contributed by atoms with van der Waals surface area (Å²) >= 11 is 0. The summed E-state index contributed by atoms with van der Waals surface area (Å²) in [6, 6.07) is 0.370. The summed E-state index contributed by atoms with van der Waals surface area (Å²) < 4.78 is 0. The molecule has 4 aliphatic heterocycles. The Morgan fingerprint density at radius 1 is 0.639 bits per heavy atom. The number of aromatic nitrogens is 1. The number of allylic oxidation sites excluding steroid dienone is 6. The van der Waals surface area contributed by atoms with E-state index in [4.69, 9.17) is 9.98 Å². The van der Waals surface area contributed by atoms with Crippen LogP contribution < -0.4 is 5.32 Å². The molecule has 4 nitrogen and oxygen atoms in total. The molecule has 8 bridgehead atoms. The Morgan fingerprint density at radius 3 is 1.97 bits per heavy atom. The average Bonchev–Trinajstić information content (AvgIpc) is 3.52. The molecule has 4 unspecified atom stereocenters. The van der Waals surface area contributed by atoms with E-state index in [0.29, 0.717) is 5.92 Å². The number of aromatic amines is 1. The number of H-pyrrole nitrogens is 1. The van der Waals surface area contributed by atoms with E-state index in [9.17, 15) is 0 Å². The van der Waals surface area contributed by atoms with Crippen LogP contribution in [-0.2, 0) is 0 Å². The first-order valence-electron chi connectivity index (χ1n) is 13.4. The van der Waals surface area contributed by atoms with Gasteiger partial charge in [-0.2, -0.15) is 0 Å². The fraction of sp³-hybridized carbons (Fsp3) is 0.500. The maximum Gasteiger partial charge on any atom is 0.0801 e. The summed E-state index contributed by atoms with van der Waals surface area (Å²) in [7, 11) is 0. The highest BCUT2D eigenvalue weighted by Gasteiger charge is 2.37. The number of hydrogen-bond acceptors (Lipinski definition) is 3. The SMILES string of the molecule is CC1=C(C)C2=C(C)c3[nH]c(c(C)c3C)C(C)C3N/C(=C(/C)C4=NC(C(C)=C4C)C(C)C1=N2)C(C)=C3C. The molecule has 0 aromatic carbocycles. The van der Waals surface area contributed by atoms with Crippen LogP contribution >= 0.6 is 0 Å². The normalized spacial score (nSPS) is 30.6. The van der Waals surface area contributed by atoms with Crippen molar-refractivity contribution in [2.45, 2.75) is 101 Å². The van der Waals surface area contributed by atoms with Crippen molar-refractivity contribution in [3.8, 4) is 0 Å². The summed E-state index contributed by atoms with van der Waals surface area (Å²) in [6.07, 6.45) is 0. The Balaban J connectivity index is 1.81. The first-order valence-corrected chi connectivity index (χ1v) is 13.4. The van der Waals surface area contributed by atoms with E-state index < -0.39 is 0 Å². The molecule has 4 atom stereocenters. The van der Waals surface area contributed by atoms with Gasteiger partial charge in [0.05, 0.1) is 23.5 Å². The van der Waals surface area contributed by atoms with E-state index in [1.54, 1.807) is 0 Å². The van der Waals surface area contributed by atoms with Gasteiger partial charge in [0.2, 0.25) is 0 Å². The third kappa shape index (κ3) is 3.26. The maximum absolute atomic E-state index is 5.37. The molecule has 1 aromatic heterocycles. The van der Waals surface area contributed by atoms with Crippen LogP contribution in [0.3, 0.4) is 0 Å². The van der Waals surface area contributed by atoms with Crippen LogP contribution in [0, 0.1) is 19.8 Å². The fourth-order valence-electron chi connectivity index (χ4n) is 6.86. The number of nitrogens with zero attached hydrogens (tertiary/aromatic N) is 2. The number of fused-ring (bicyclic) bond motifs is 6. The van der Waals surface area contributed by atoms with Gasteiger partial charge in [-0.3, -0.25) is 9.98 Å². The summed E-state index contributed by atoms with van der Waals surface area (Å²) in [5.74, 6) is 0.522. The molecular formula is C32H42N4. The standard InChI is InChI=1S/C32H42N4/c1-13-14(2)26-22(10)28-17(5)18(6)30(35-28)24(12)32-20(8)19(7)31(36-32)23(11)29-16(4)15(3)27(34-29)21(9)25(13)33-26/h21,24-25,30,33-34H,1-12H3/b26-22-,31-23?. The molecule has 5 rings (SSSR count). The van der Waals surface area contributed by atoms with Crippen LogP contribution in [0.4, 0.5) is 0 Å². The minimum Gasteiger partial charge on any atom is -0.377 e. The Labute approximate surface area is 217 Å². The van der Waals surface area contributed by atoms with Crippen molar-refractivity contribution in [2.75, 3.05) is 0 Å². The van der Waals surface area contributed by atoms with Crippen molar-refractivity contribution in [1.82, 2.24) is 10.3 Å². The zero-order valence-electron chi connectivity index (χ0n) is 24.2. The molecular weight excluding hydrogens is 440 g/mol. The lowest BCUT2D eigenvalue weighted by Crippen LogP contribution is -2.30. The van der Waals surface area contributed by atoms with Gasteiger partial charge in [0, 0.05) is 34.6 Å². The third-order valence-corrected chi connectivity index (χ3v) is 9.85. The van der Waals surface area contributed by atoms with Crippen LogP contribution in [0.2, 0.25) is 0 Å². The quantitative estimate of drug-likeness (QED) is 0.392. The number of aliphatic imine (C=N–C) groups is 2. The highest BCUT2D eigenvalue weighted by atomic mass is 15.0. The summed E-state index contributed by atoms with van der Waals surface area (Å²) in [5.41, 5.74) is 20.5. The zero-order valence-corrected chi connectivity index (χ0v) is 24.2. The molecule has 1 aromatic rings. The second kappa shape index (κ2) is 8.33. The lowest BCUT2D eigenvalue weighted by atomic mass is 9.87. The second-order valence-corrected chi connectivity index (χ2v) is 11.6. The van der Waals surface area contributed by atoms with Crippen LogP contribution in [0.1, 0.15) is 97.7 Å². The Bertz CT molecular complexity index is 1430. The zero-order chi connectivity index (χ0) is 26.4. The molecule has 0 aliphatic carbocycles. The van der Waals surface area contributed by atoms with E-state index >= 15 is 0 Å². The first kappa shape index (κ1) is 24.8. The molecule has 2 N–H and O–H groups in total. The largest absolute Gasteiger partial charge is 0.377 e. The van der Waals surface area contributed by atoms with Gasteiger partial charge in [0.15, 0.2) is 0 Å². The van der Waals surface area contributed by atoms with Crippen molar-refractivity contribution in [2.24, 2.45) is 15.9 Å². The van der Waals surface area contributed by atoms with Gasteiger partial charge in [-0.25, -0.2) is 0 Å². The smallest absolute Gasteiger partial charge is 0.0801 e. The molecule has 190 valence electrons. The summed E-state index contributed by atoms with van der Waals surface area (Å²) in [6.45, 7) is 27.2. The molecule has 0 saturated heterocycles. The third-order valence-electron chi connectivity index (χ3n) is 9.85. The average molecular weight is 483 g/mol. The molecule has 4 heteroatoms. The monoisotopic (exact) mass is 482 g/mol.